The van der Waals surface area contributed by atoms with Crippen LogP contribution in [0.15, 0.2) is 6.07 Å². The molecule has 0 spiro atoms. The summed E-state index contributed by atoms with van der Waals surface area (Å²) in [4.78, 5) is 18.8. The van der Waals surface area contributed by atoms with Crippen molar-refractivity contribution in [2.24, 2.45) is 0 Å². The topological polar surface area (TPSA) is 66.9 Å². The molecule has 5 nitrogen and oxygen atoms in total. The predicted octanol–water partition coefficient (Wildman–Crippen LogP) is 1.53. The fraction of sp³-hybridized carbons (Fsp3) is 0.444. The number of alkyl halides is 3. The average Bonchev–Trinajstić information content (AvgIpc) is 2.12. The fourth-order valence-electron chi connectivity index (χ4n) is 1.07. The molecular formula is C9H10ClF3N4O. The third kappa shape index (κ3) is 5.78. The Morgan fingerprint density at radius 2 is 2.11 bits per heavy atom. The zero-order valence-corrected chi connectivity index (χ0v) is 10.1. The number of nitrogens with zero attached hydrogens (tertiary/aromatic N) is 2. The van der Waals surface area contributed by atoms with Crippen LogP contribution >= 0.6 is 11.6 Å². The molecule has 1 amide bonds. The Labute approximate surface area is 106 Å². The number of carbonyl (C=O) groups excluding carboxylic acids is 1. The van der Waals surface area contributed by atoms with E-state index in [1.54, 1.807) is 6.92 Å². The highest BCUT2D eigenvalue weighted by Crippen LogP contribution is 2.12. The van der Waals surface area contributed by atoms with Crippen molar-refractivity contribution in [1.82, 2.24) is 15.3 Å². The normalized spacial score (nSPS) is 11.4. The third-order valence-corrected chi connectivity index (χ3v) is 1.88. The van der Waals surface area contributed by atoms with E-state index < -0.39 is 25.2 Å². The molecular weight excluding hydrogens is 273 g/mol. The summed E-state index contributed by atoms with van der Waals surface area (Å²) in [5.41, 5.74) is 0.536. The smallest absolute Gasteiger partial charge is 0.300 e. The molecule has 0 atom stereocenters. The molecule has 0 aliphatic carbocycles. The first-order valence-electron chi connectivity index (χ1n) is 4.85. The first kappa shape index (κ1) is 14.7. The Bertz CT molecular complexity index is 418. The quantitative estimate of drug-likeness (QED) is 0.822. The van der Waals surface area contributed by atoms with E-state index in [2.05, 4.69) is 15.3 Å². The number of anilines is 1. The Morgan fingerprint density at radius 1 is 1.44 bits per heavy atom. The maximum absolute atomic E-state index is 11.8. The number of hydrogen-bond acceptors (Lipinski definition) is 4. The van der Waals surface area contributed by atoms with Gasteiger partial charge in [-0.05, 0) is 13.0 Å². The van der Waals surface area contributed by atoms with Crippen LogP contribution in [-0.2, 0) is 4.79 Å². The molecule has 0 unspecified atom stereocenters. The number of halogens is 4. The Balaban J connectivity index is 2.45. The van der Waals surface area contributed by atoms with Gasteiger partial charge in [0.2, 0.25) is 11.9 Å². The highest BCUT2D eigenvalue weighted by atomic mass is 35.5. The number of carbonyl (C=O) groups is 1. The molecule has 0 saturated carbocycles. The molecule has 1 aromatic rings. The lowest BCUT2D eigenvalue weighted by Gasteiger charge is -2.08. The number of aryl methyl sites for hydroxylation is 1. The minimum atomic E-state index is -4.36. The second kappa shape index (κ2) is 5.96. The number of nitrogens with one attached hydrogen (secondary N) is 2. The van der Waals surface area contributed by atoms with E-state index in [0.717, 1.165) is 0 Å². The molecule has 0 radical (unpaired) electrons. The van der Waals surface area contributed by atoms with E-state index in [4.69, 9.17) is 11.6 Å². The molecule has 0 aliphatic rings. The van der Waals surface area contributed by atoms with Gasteiger partial charge in [0.1, 0.15) is 5.15 Å². The number of amides is 1. The Morgan fingerprint density at radius 3 is 2.67 bits per heavy atom. The van der Waals surface area contributed by atoms with Crippen LogP contribution in [-0.4, -0.2) is 35.1 Å². The van der Waals surface area contributed by atoms with Crippen LogP contribution in [0.25, 0.3) is 0 Å². The first-order valence-corrected chi connectivity index (χ1v) is 5.22. The van der Waals surface area contributed by atoms with Crippen molar-refractivity contribution in [2.75, 3.05) is 18.4 Å². The van der Waals surface area contributed by atoms with Gasteiger partial charge in [0.15, 0.2) is 0 Å². The van der Waals surface area contributed by atoms with E-state index in [-0.39, 0.29) is 11.1 Å². The molecule has 18 heavy (non-hydrogen) atoms. The van der Waals surface area contributed by atoms with Gasteiger partial charge in [-0.15, -0.1) is 0 Å². The van der Waals surface area contributed by atoms with Crippen molar-refractivity contribution in [3.05, 3.63) is 16.9 Å². The summed E-state index contributed by atoms with van der Waals surface area (Å²) in [6.45, 7) is -0.0879. The maximum atomic E-state index is 11.8. The molecule has 0 aromatic carbocycles. The van der Waals surface area contributed by atoms with Crippen LogP contribution in [0.4, 0.5) is 19.1 Å². The highest BCUT2D eigenvalue weighted by Gasteiger charge is 2.26. The van der Waals surface area contributed by atoms with Crippen molar-refractivity contribution >= 4 is 23.5 Å². The Hall–Kier alpha value is -1.41. The summed E-state index contributed by atoms with van der Waals surface area (Å²) in [7, 11) is 0. The number of hydrogen-bond donors (Lipinski definition) is 2. The van der Waals surface area contributed by atoms with Crippen molar-refractivity contribution in [1.29, 1.82) is 0 Å². The molecule has 9 heteroatoms. The van der Waals surface area contributed by atoms with Crippen molar-refractivity contribution < 1.29 is 18.0 Å². The summed E-state index contributed by atoms with van der Waals surface area (Å²) in [5.74, 6) is -0.722. The maximum Gasteiger partial charge on any atom is 0.401 e. The molecule has 1 aromatic heterocycles. The van der Waals surface area contributed by atoms with Gasteiger partial charge in [0, 0.05) is 5.69 Å². The van der Waals surface area contributed by atoms with Crippen LogP contribution in [0.3, 0.4) is 0 Å². The minimum Gasteiger partial charge on any atom is -0.300 e. The lowest BCUT2D eigenvalue weighted by molar-refractivity contribution is -0.126. The molecule has 0 fully saturated rings. The van der Waals surface area contributed by atoms with Crippen LogP contribution in [0.2, 0.25) is 5.15 Å². The zero-order valence-electron chi connectivity index (χ0n) is 9.31. The molecule has 2 N–H and O–H groups in total. The number of aromatic nitrogens is 2. The summed E-state index contributed by atoms with van der Waals surface area (Å²) >= 11 is 5.63. The van der Waals surface area contributed by atoms with Gasteiger partial charge in [0.25, 0.3) is 0 Å². The van der Waals surface area contributed by atoms with E-state index >= 15 is 0 Å². The van der Waals surface area contributed by atoms with Crippen LogP contribution in [0, 0.1) is 6.92 Å². The van der Waals surface area contributed by atoms with Crippen LogP contribution in [0.5, 0.6) is 0 Å². The molecule has 1 rings (SSSR count). The van der Waals surface area contributed by atoms with Gasteiger partial charge in [-0.25, -0.2) is 9.97 Å². The molecule has 0 bridgehead atoms. The average molecular weight is 283 g/mol. The van der Waals surface area contributed by atoms with Gasteiger partial charge in [-0.3, -0.25) is 10.1 Å². The van der Waals surface area contributed by atoms with Crippen molar-refractivity contribution in [3.63, 3.8) is 0 Å². The van der Waals surface area contributed by atoms with Crippen molar-refractivity contribution in [3.8, 4) is 0 Å². The molecule has 0 saturated heterocycles. The van der Waals surface area contributed by atoms with Gasteiger partial charge in [-0.1, -0.05) is 11.6 Å². The standard InChI is InChI=1S/C9H10ClF3N4O/c1-5-2-6(10)16-8(15-5)17-7(18)3-14-4-9(11,12)13/h2,14H,3-4H2,1H3,(H,15,16,17,18). The predicted molar refractivity (Wildman–Crippen MR) is 59.3 cm³/mol. The van der Waals surface area contributed by atoms with Crippen molar-refractivity contribution in [2.45, 2.75) is 13.1 Å². The van der Waals surface area contributed by atoms with Gasteiger partial charge in [0.05, 0.1) is 13.1 Å². The minimum absolute atomic E-state index is 0.0428. The molecule has 0 aliphatic heterocycles. The van der Waals surface area contributed by atoms with E-state index in [9.17, 15) is 18.0 Å². The largest absolute Gasteiger partial charge is 0.401 e. The highest BCUT2D eigenvalue weighted by molar-refractivity contribution is 6.29. The second-order valence-electron chi connectivity index (χ2n) is 3.42. The number of rotatable bonds is 4. The fourth-order valence-corrected chi connectivity index (χ4v) is 1.31. The lowest BCUT2D eigenvalue weighted by atomic mass is 10.4. The van der Waals surface area contributed by atoms with Gasteiger partial charge < -0.3 is 5.32 Å². The Kier molecular flexibility index (Phi) is 4.85. The molecule has 100 valence electrons. The van der Waals surface area contributed by atoms with Crippen LogP contribution < -0.4 is 10.6 Å². The van der Waals surface area contributed by atoms with Gasteiger partial charge in [-0.2, -0.15) is 13.2 Å². The molecule has 1 heterocycles. The summed E-state index contributed by atoms with van der Waals surface area (Å²) < 4.78 is 35.4. The summed E-state index contributed by atoms with van der Waals surface area (Å²) in [6.07, 6.45) is -4.36. The monoisotopic (exact) mass is 282 g/mol. The van der Waals surface area contributed by atoms with Crippen LogP contribution in [0.1, 0.15) is 5.69 Å². The van der Waals surface area contributed by atoms with E-state index in [1.807, 2.05) is 5.32 Å². The third-order valence-electron chi connectivity index (χ3n) is 1.69. The lowest BCUT2D eigenvalue weighted by Crippen LogP contribution is -2.35. The van der Waals surface area contributed by atoms with E-state index in [1.165, 1.54) is 6.07 Å². The van der Waals surface area contributed by atoms with Gasteiger partial charge >= 0.3 is 6.18 Å². The summed E-state index contributed by atoms with van der Waals surface area (Å²) in [5, 5.41) is 4.32. The van der Waals surface area contributed by atoms with E-state index in [0.29, 0.717) is 5.69 Å². The first-order chi connectivity index (χ1) is 8.26. The zero-order chi connectivity index (χ0) is 13.8. The summed E-state index contributed by atoms with van der Waals surface area (Å²) in [6, 6.07) is 1.49. The second-order valence-corrected chi connectivity index (χ2v) is 3.81. The SMILES string of the molecule is Cc1cc(Cl)nc(NC(=O)CNCC(F)(F)F)n1.